The third kappa shape index (κ3) is 3.50. The quantitative estimate of drug-likeness (QED) is 0.666. The Morgan fingerprint density at radius 1 is 1.24 bits per heavy atom. The van der Waals surface area contributed by atoms with E-state index in [-0.39, 0.29) is 11.9 Å². The number of carbonyl (C=O) groups is 1. The maximum atomic E-state index is 13.0. The molecule has 0 spiro atoms. The first kappa shape index (κ1) is 17.0. The summed E-state index contributed by atoms with van der Waals surface area (Å²) in [4.78, 5) is 18.9. The van der Waals surface area contributed by atoms with Crippen LogP contribution in [-0.4, -0.2) is 28.9 Å². The Balaban J connectivity index is 1.87. The largest absolute Gasteiger partial charge is 0.478 e. The van der Waals surface area contributed by atoms with E-state index >= 15 is 0 Å². The van der Waals surface area contributed by atoms with Crippen molar-refractivity contribution in [3.63, 3.8) is 0 Å². The van der Waals surface area contributed by atoms with E-state index in [1.54, 1.807) is 23.2 Å². The number of para-hydroxylation sites is 1. The summed E-state index contributed by atoms with van der Waals surface area (Å²) in [6.07, 6.45) is 1.60. The zero-order chi connectivity index (χ0) is 17.8. The molecule has 0 aliphatic carbocycles. The van der Waals surface area contributed by atoms with Crippen molar-refractivity contribution in [1.82, 2.24) is 9.88 Å². The summed E-state index contributed by atoms with van der Waals surface area (Å²) in [7, 11) is 0. The van der Waals surface area contributed by atoms with Gasteiger partial charge < -0.3 is 14.1 Å². The highest BCUT2D eigenvalue weighted by atomic mass is 16.5. The minimum Gasteiger partial charge on any atom is -0.478 e. The van der Waals surface area contributed by atoms with E-state index in [2.05, 4.69) is 4.98 Å². The number of pyridine rings is 1. The number of fused-ring (bicyclic) bond motifs is 1. The fourth-order valence-corrected chi connectivity index (χ4v) is 2.89. The van der Waals surface area contributed by atoms with Gasteiger partial charge in [-0.15, -0.1) is 0 Å². The Morgan fingerprint density at radius 3 is 2.76 bits per heavy atom. The van der Waals surface area contributed by atoms with Crippen LogP contribution in [0.1, 0.15) is 42.9 Å². The summed E-state index contributed by atoms with van der Waals surface area (Å²) >= 11 is 0. The average molecular weight is 338 g/mol. The number of aromatic nitrogens is 1. The smallest absolute Gasteiger partial charge is 0.254 e. The second kappa shape index (κ2) is 7.38. The SMILES string of the molecule is CCOc1cc(C(=O)N(CC)C(C)c2cc3ccccc3o2)ccn1. The van der Waals surface area contributed by atoms with Crippen molar-refractivity contribution >= 4 is 16.9 Å². The van der Waals surface area contributed by atoms with Gasteiger partial charge in [-0.3, -0.25) is 4.79 Å². The Labute approximate surface area is 147 Å². The standard InChI is InChI=1S/C20H22N2O3/c1-4-22(20(23)16-10-11-21-19(13-16)24-5-2)14(3)18-12-15-8-6-7-9-17(15)25-18/h6-14H,4-5H2,1-3H3. The van der Waals surface area contributed by atoms with Crippen LogP contribution < -0.4 is 4.74 Å². The maximum Gasteiger partial charge on any atom is 0.254 e. The first-order chi connectivity index (χ1) is 12.1. The average Bonchev–Trinajstić information content (AvgIpc) is 3.07. The molecular weight excluding hydrogens is 316 g/mol. The van der Waals surface area contributed by atoms with E-state index < -0.39 is 0 Å². The molecule has 0 fully saturated rings. The van der Waals surface area contributed by atoms with Crippen LogP contribution in [0.2, 0.25) is 0 Å². The minimum absolute atomic E-state index is 0.0705. The van der Waals surface area contributed by atoms with Crippen molar-refractivity contribution < 1.29 is 13.9 Å². The highest BCUT2D eigenvalue weighted by Gasteiger charge is 2.24. The lowest BCUT2D eigenvalue weighted by Crippen LogP contribution is -2.33. The molecule has 1 atom stereocenters. The molecule has 0 radical (unpaired) electrons. The van der Waals surface area contributed by atoms with Gasteiger partial charge in [0.25, 0.3) is 5.91 Å². The van der Waals surface area contributed by atoms with Crippen molar-refractivity contribution in [2.75, 3.05) is 13.2 Å². The zero-order valence-corrected chi connectivity index (χ0v) is 14.7. The molecule has 1 unspecified atom stereocenters. The van der Waals surface area contributed by atoms with Crippen molar-refractivity contribution in [3.8, 4) is 5.88 Å². The molecule has 2 heterocycles. The van der Waals surface area contributed by atoms with Gasteiger partial charge in [0, 0.05) is 29.8 Å². The number of hydrogen-bond donors (Lipinski definition) is 0. The van der Waals surface area contributed by atoms with E-state index in [0.29, 0.717) is 24.6 Å². The number of ether oxygens (including phenoxy) is 1. The van der Waals surface area contributed by atoms with Gasteiger partial charge in [0.15, 0.2) is 0 Å². The lowest BCUT2D eigenvalue weighted by Gasteiger charge is -2.26. The number of carbonyl (C=O) groups excluding carboxylic acids is 1. The van der Waals surface area contributed by atoms with Crippen LogP contribution in [0.4, 0.5) is 0 Å². The first-order valence-electron chi connectivity index (χ1n) is 8.52. The van der Waals surface area contributed by atoms with Gasteiger partial charge in [-0.25, -0.2) is 4.98 Å². The van der Waals surface area contributed by atoms with E-state index in [1.165, 1.54) is 0 Å². The number of nitrogens with zero attached hydrogens (tertiary/aromatic N) is 2. The van der Waals surface area contributed by atoms with Gasteiger partial charge >= 0.3 is 0 Å². The topological polar surface area (TPSA) is 55.6 Å². The van der Waals surface area contributed by atoms with Crippen molar-refractivity contribution in [1.29, 1.82) is 0 Å². The molecule has 2 aromatic heterocycles. The van der Waals surface area contributed by atoms with Gasteiger partial charge in [-0.05, 0) is 39.0 Å². The molecule has 0 saturated heterocycles. The Bertz CT molecular complexity index is 839. The van der Waals surface area contributed by atoms with Crippen LogP contribution in [0.15, 0.2) is 53.1 Å². The molecule has 0 saturated carbocycles. The Morgan fingerprint density at radius 2 is 2.04 bits per heavy atom. The third-order valence-electron chi connectivity index (χ3n) is 4.20. The van der Waals surface area contributed by atoms with Gasteiger partial charge in [0.2, 0.25) is 5.88 Å². The van der Waals surface area contributed by atoms with Crippen LogP contribution in [0.25, 0.3) is 11.0 Å². The van der Waals surface area contributed by atoms with E-state index in [0.717, 1.165) is 16.7 Å². The van der Waals surface area contributed by atoms with Crippen molar-refractivity contribution in [2.45, 2.75) is 26.8 Å². The summed E-state index contributed by atoms with van der Waals surface area (Å²) in [5.74, 6) is 1.16. The summed E-state index contributed by atoms with van der Waals surface area (Å²) in [6.45, 7) is 6.91. The van der Waals surface area contributed by atoms with Crippen LogP contribution >= 0.6 is 0 Å². The summed E-state index contributed by atoms with van der Waals surface area (Å²) in [5.41, 5.74) is 1.39. The fraction of sp³-hybridized carbons (Fsp3) is 0.300. The highest BCUT2D eigenvalue weighted by Crippen LogP contribution is 2.28. The first-order valence-corrected chi connectivity index (χ1v) is 8.52. The van der Waals surface area contributed by atoms with Crippen molar-refractivity contribution in [2.24, 2.45) is 0 Å². The number of hydrogen-bond acceptors (Lipinski definition) is 4. The van der Waals surface area contributed by atoms with Gasteiger partial charge in [0.05, 0.1) is 12.6 Å². The molecule has 130 valence electrons. The van der Waals surface area contributed by atoms with Crippen LogP contribution in [0, 0.1) is 0 Å². The third-order valence-corrected chi connectivity index (χ3v) is 4.20. The lowest BCUT2D eigenvalue weighted by molar-refractivity contribution is 0.0684. The monoisotopic (exact) mass is 338 g/mol. The van der Waals surface area contributed by atoms with Crippen LogP contribution in [0.5, 0.6) is 5.88 Å². The molecule has 0 N–H and O–H groups in total. The molecule has 1 aromatic carbocycles. The zero-order valence-electron chi connectivity index (χ0n) is 14.7. The second-order valence-electron chi connectivity index (χ2n) is 5.77. The van der Waals surface area contributed by atoms with Crippen LogP contribution in [0.3, 0.4) is 0 Å². The number of rotatable bonds is 6. The Hall–Kier alpha value is -2.82. The van der Waals surface area contributed by atoms with Crippen LogP contribution in [-0.2, 0) is 0 Å². The van der Waals surface area contributed by atoms with Gasteiger partial charge in [-0.1, -0.05) is 18.2 Å². The molecule has 0 aliphatic heterocycles. The normalized spacial score (nSPS) is 12.1. The predicted molar refractivity (Wildman–Crippen MR) is 96.7 cm³/mol. The Kier molecular flexibility index (Phi) is 5.03. The number of furan rings is 1. The maximum absolute atomic E-state index is 13.0. The van der Waals surface area contributed by atoms with Gasteiger partial charge in [-0.2, -0.15) is 0 Å². The molecule has 0 aliphatic rings. The lowest BCUT2D eigenvalue weighted by atomic mass is 10.1. The molecule has 25 heavy (non-hydrogen) atoms. The molecule has 3 rings (SSSR count). The number of amides is 1. The highest BCUT2D eigenvalue weighted by molar-refractivity contribution is 5.94. The number of benzene rings is 1. The predicted octanol–water partition coefficient (Wildman–Crippen LogP) is 4.45. The van der Waals surface area contributed by atoms with Crippen molar-refractivity contribution in [3.05, 3.63) is 60.0 Å². The van der Waals surface area contributed by atoms with E-state index in [4.69, 9.17) is 9.15 Å². The molecule has 1 amide bonds. The second-order valence-corrected chi connectivity index (χ2v) is 5.77. The van der Waals surface area contributed by atoms with E-state index in [9.17, 15) is 4.79 Å². The minimum atomic E-state index is -0.173. The summed E-state index contributed by atoms with van der Waals surface area (Å²) in [6, 6.07) is 13.1. The van der Waals surface area contributed by atoms with E-state index in [1.807, 2.05) is 51.1 Å². The molecule has 5 nitrogen and oxygen atoms in total. The molecular formula is C20H22N2O3. The molecule has 0 bridgehead atoms. The fourth-order valence-electron chi connectivity index (χ4n) is 2.89. The molecule has 3 aromatic rings. The molecule has 5 heteroatoms. The summed E-state index contributed by atoms with van der Waals surface area (Å²) < 4.78 is 11.3. The summed E-state index contributed by atoms with van der Waals surface area (Å²) in [5, 5.41) is 1.04. The van der Waals surface area contributed by atoms with Gasteiger partial charge in [0.1, 0.15) is 11.3 Å².